The maximum Gasteiger partial charge on any atom is 0.188 e. The number of hydrogen-bond acceptors (Lipinski definition) is 2. The normalized spacial score (nSPS) is 21.4. The standard InChI is InChI=1S/C14H19N3O/c1-18-12-6-5-10-8-17(14(15)16)7-9-3-2-4-11(12)13(9)10/h5-6,9H,2-4,7-8H2,1H3,(H3,15,16). The summed E-state index contributed by atoms with van der Waals surface area (Å²) in [7, 11) is 1.74. The predicted molar refractivity (Wildman–Crippen MR) is 71.0 cm³/mol. The Morgan fingerprint density at radius 2 is 2.33 bits per heavy atom. The van der Waals surface area contributed by atoms with Gasteiger partial charge >= 0.3 is 0 Å². The quantitative estimate of drug-likeness (QED) is 0.586. The minimum Gasteiger partial charge on any atom is -0.496 e. The average Bonchev–Trinajstić information content (AvgIpc) is 2.39. The fraction of sp³-hybridized carbons (Fsp3) is 0.500. The van der Waals surface area contributed by atoms with Gasteiger partial charge in [0.2, 0.25) is 0 Å². The Morgan fingerprint density at radius 3 is 3.06 bits per heavy atom. The summed E-state index contributed by atoms with van der Waals surface area (Å²) in [5.74, 6) is 1.72. The molecular weight excluding hydrogens is 226 g/mol. The summed E-state index contributed by atoms with van der Waals surface area (Å²) in [6, 6.07) is 4.19. The Morgan fingerprint density at radius 1 is 1.50 bits per heavy atom. The van der Waals surface area contributed by atoms with E-state index in [9.17, 15) is 0 Å². The number of nitrogens with one attached hydrogen (secondary N) is 1. The number of ether oxygens (including phenoxy) is 1. The highest BCUT2D eigenvalue weighted by molar-refractivity contribution is 5.75. The van der Waals surface area contributed by atoms with Crippen LogP contribution in [0.5, 0.6) is 5.75 Å². The van der Waals surface area contributed by atoms with Crippen molar-refractivity contribution in [1.29, 1.82) is 5.41 Å². The molecule has 0 saturated carbocycles. The number of benzene rings is 1. The van der Waals surface area contributed by atoms with Gasteiger partial charge in [-0.25, -0.2) is 0 Å². The van der Waals surface area contributed by atoms with Crippen molar-refractivity contribution < 1.29 is 4.74 Å². The summed E-state index contributed by atoms with van der Waals surface area (Å²) in [6.07, 6.45) is 3.50. The molecule has 0 fully saturated rings. The van der Waals surface area contributed by atoms with E-state index < -0.39 is 0 Å². The molecule has 18 heavy (non-hydrogen) atoms. The van der Waals surface area contributed by atoms with Crippen LogP contribution < -0.4 is 10.5 Å². The zero-order valence-electron chi connectivity index (χ0n) is 10.7. The monoisotopic (exact) mass is 245 g/mol. The van der Waals surface area contributed by atoms with Gasteiger partial charge in [-0.2, -0.15) is 0 Å². The zero-order chi connectivity index (χ0) is 12.7. The second-order valence-electron chi connectivity index (χ2n) is 5.17. The highest BCUT2D eigenvalue weighted by Gasteiger charge is 2.31. The van der Waals surface area contributed by atoms with Gasteiger partial charge in [0.25, 0.3) is 0 Å². The Kier molecular flexibility index (Phi) is 2.65. The van der Waals surface area contributed by atoms with Crippen molar-refractivity contribution in [2.45, 2.75) is 31.7 Å². The minimum atomic E-state index is 0.184. The van der Waals surface area contributed by atoms with Crippen LogP contribution in [-0.2, 0) is 13.0 Å². The zero-order valence-corrected chi connectivity index (χ0v) is 10.7. The molecule has 1 aliphatic carbocycles. The van der Waals surface area contributed by atoms with Gasteiger partial charge < -0.3 is 15.4 Å². The van der Waals surface area contributed by atoms with E-state index in [2.05, 4.69) is 12.1 Å². The average molecular weight is 245 g/mol. The third-order valence-electron chi connectivity index (χ3n) is 4.15. The molecule has 0 aromatic heterocycles. The summed E-state index contributed by atoms with van der Waals surface area (Å²) in [5, 5.41) is 7.62. The molecule has 1 aromatic rings. The van der Waals surface area contributed by atoms with Crippen molar-refractivity contribution in [1.82, 2.24) is 4.90 Å². The smallest absolute Gasteiger partial charge is 0.188 e. The lowest BCUT2D eigenvalue weighted by atomic mass is 9.77. The third-order valence-corrected chi connectivity index (χ3v) is 4.15. The van der Waals surface area contributed by atoms with Crippen LogP contribution in [0.4, 0.5) is 0 Å². The molecule has 4 nitrogen and oxygen atoms in total. The second kappa shape index (κ2) is 4.19. The molecule has 1 unspecified atom stereocenters. The molecule has 2 aliphatic rings. The van der Waals surface area contributed by atoms with Crippen LogP contribution in [0.3, 0.4) is 0 Å². The first-order valence-corrected chi connectivity index (χ1v) is 6.48. The van der Waals surface area contributed by atoms with E-state index in [1.54, 1.807) is 7.11 Å². The van der Waals surface area contributed by atoms with Gasteiger partial charge in [-0.1, -0.05) is 6.07 Å². The SMILES string of the molecule is COc1ccc2c3c1CCCC3CN(C(=N)N)C2. The number of methoxy groups -OCH3 is 1. The molecule has 1 aromatic carbocycles. The Bertz CT molecular complexity index is 498. The van der Waals surface area contributed by atoms with Crippen LogP contribution in [0.15, 0.2) is 12.1 Å². The van der Waals surface area contributed by atoms with Gasteiger partial charge in [0.1, 0.15) is 5.75 Å². The summed E-state index contributed by atoms with van der Waals surface area (Å²) < 4.78 is 5.48. The maximum absolute atomic E-state index is 7.62. The van der Waals surface area contributed by atoms with E-state index >= 15 is 0 Å². The summed E-state index contributed by atoms with van der Waals surface area (Å²) >= 11 is 0. The summed E-state index contributed by atoms with van der Waals surface area (Å²) in [6.45, 7) is 1.64. The molecule has 4 heteroatoms. The Hall–Kier alpha value is -1.71. The first-order valence-electron chi connectivity index (χ1n) is 6.48. The summed E-state index contributed by atoms with van der Waals surface area (Å²) in [4.78, 5) is 1.97. The molecule has 0 bridgehead atoms. The van der Waals surface area contributed by atoms with E-state index in [1.165, 1.54) is 29.5 Å². The lowest BCUT2D eigenvalue weighted by Gasteiger charge is -2.39. The van der Waals surface area contributed by atoms with Crippen LogP contribution in [-0.4, -0.2) is 24.5 Å². The van der Waals surface area contributed by atoms with Crippen molar-refractivity contribution in [3.8, 4) is 5.75 Å². The number of nitrogens with two attached hydrogens (primary N) is 1. The van der Waals surface area contributed by atoms with Crippen LogP contribution in [0.25, 0.3) is 0 Å². The Balaban J connectivity index is 2.08. The van der Waals surface area contributed by atoms with Crippen molar-refractivity contribution >= 4 is 5.96 Å². The molecule has 1 atom stereocenters. The molecule has 0 amide bonds. The Labute approximate surface area is 107 Å². The molecule has 0 saturated heterocycles. The molecule has 1 aliphatic heterocycles. The van der Waals surface area contributed by atoms with Gasteiger partial charge in [0.05, 0.1) is 7.11 Å². The van der Waals surface area contributed by atoms with Crippen LogP contribution in [0, 0.1) is 5.41 Å². The molecule has 0 spiro atoms. The van der Waals surface area contributed by atoms with Gasteiger partial charge in [0.15, 0.2) is 5.96 Å². The van der Waals surface area contributed by atoms with Crippen molar-refractivity contribution in [2.75, 3.05) is 13.7 Å². The highest BCUT2D eigenvalue weighted by Crippen LogP contribution is 2.42. The topological polar surface area (TPSA) is 62.3 Å². The molecule has 0 radical (unpaired) electrons. The first-order chi connectivity index (χ1) is 8.70. The third kappa shape index (κ3) is 1.64. The van der Waals surface area contributed by atoms with Gasteiger partial charge in [-0.3, -0.25) is 5.41 Å². The maximum atomic E-state index is 7.62. The predicted octanol–water partition coefficient (Wildman–Crippen LogP) is 1.82. The number of guanidine groups is 1. The van der Waals surface area contributed by atoms with E-state index in [-0.39, 0.29) is 5.96 Å². The fourth-order valence-electron chi connectivity index (χ4n) is 3.36. The van der Waals surface area contributed by atoms with Crippen molar-refractivity contribution in [3.63, 3.8) is 0 Å². The first kappa shape index (κ1) is 11.4. The number of rotatable bonds is 1. The van der Waals surface area contributed by atoms with Crippen molar-refractivity contribution in [2.24, 2.45) is 5.73 Å². The van der Waals surface area contributed by atoms with Crippen LogP contribution >= 0.6 is 0 Å². The number of nitrogens with zero attached hydrogens (tertiary/aromatic N) is 1. The van der Waals surface area contributed by atoms with E-state index in [0.29, 0.717) is 5.92 Å². The van der Waals surface area contributed by atoms with Gasteiger partial charge in [-0.05, 0) is 42.0 Å². The molecule has 3 rings (SSSR count). The molecular formula is C14H19N3O. The lowest BCUT2D eigenvalue weighted by molar-refractivity contribution is 0.319. The van der Waals surface area contributed by atoms with Crippen LogP contribution in [0.2, 0.25) is 0 Å². The summed E-state index contributed by atoms with van der Waals surface area (Å²) in [5.41, 5.74) is 9.81. The van der Waals surface area contributed by atoms with Gasteiger partial charge in [-0.15, -0.1) is 0 Å². The highest BCUT2D eigenvalue weighted by atomic mass is 16.5. The van der Waals surface area contributed by atoms with Gasteiger partial charge in [0, 0.05) is 19.0 Å². The number of hydrogen-bond donors (Lipinski definition) is 2. The second-order valence-corrected chi connectivity index (χ2v) is 5.17. The molecule has 3 N–H and O–H groups in total. The van der Waals surface area contributed by atoms with Crippen molar-refractivity contribution in [3.05, 3.63) is 28.8 Å². The lowest BCUT2D eigenvalue weighted by Crippen LogP contribution is -2.42. The van der Waals surface area contributed by atoms with E-state index in [4.69, 9.17) is 15.9 Å². The fourth-order valence-corrected chi connectivity index (χ4v) is 3.36. The largest absolute Gasteiger partial charge is 0.496 e. The molecule has 96 valence electrons. The minimum absolute atomic E-state index is 0.184. The van der Waals surface area contributed by atoms with Crippen LogP contribution in [0.1, 0.15) is 35.4 Å². The van der Waals surface area contributed by atoms with E-state index in [0.717, 1.165) is 25.3 Å². The van der Waals surface area contributed by atoms with E-state index in [1.807, 2.05) is 4.90 Å². The molecule has 1 heterocycles.